The average Bonchev–Trinajstić information content (AvgIpc) is 2.91. The van der Waals surface area contributed by atoms with Gasteiger partial charge in [0.2, 0.25) is 0 Å². The first-order chi connectivity index (χ1) is 8.27. The highest BCUT2D eigenvalue weighted by atomic mass is 32.1. The van der Waals surface area contributed by atoms with Crippen LogP contribution in [0.25, 0.3) is 0 Å². The Morgan fingerprint density at radius 2 is 2.29 bits per heavy atom. The highest BCUT2D eigenvalue weighted by Gasteiger charge is 2.38. The number of aromatic nitrogens is 1. The largest absolute Gasteiger partial charge is 0.369 e. The van der Waals surface area contributed by atoms with E-state index in [1.165, 1.54) is 0 Å². The molecule has 1 fully saturated rings. The van der Waals surface area contributed by atoms with Gasteiger partial charge in [-0.25, -0.2) is 4.98 Å². The van der Waals surface area contributed by atoms with Gasteiger partial charge in [-0.1, -0.05) is 13.3 Å². The Labute approximate surface area is 107 Å². The van der Waals surface area contributed by atoms with Crippen LogP contribution in [-0.2, 0) is 5.72 Å². The van der Waals surface area contributed by atoms with Gasteiger partial charge in [0.15, 0.2) is 5.72 Å². The lowest BCUT2D eigenvalue weighted by molar-refractivity contribution is -0.128. The normalized spacial score (nSPS) is 21.3. The molecule has 0 aliphatic carbocycles. The highest BCUT2D eigenvalue weighted by Crippen LogP contribution is 2.32. The first-order valence-corrected chi connectivity index (χ1v) is 7.23. The molecule has 17 heavy (non-hydrogen) atoms. The molecule has 1 atom stereocenters. The van der Waals surface area contributed by atoms with E-state index in [-0.39, 0.29) is 0 Å². The van der Waals surface area contributed by atoms with Crippen molar-refractivity contribution in [2.24, 2.45) is 0 Å². The van der Waals surface area contributed by atoms with E-state index in [9.17, 15) is 5.11 Å². The number of aliphatic hydroxyl groups is 1. The number of hydrogen-bond donors (Lipinski definition) is 2. The van der Waals surface area contributed by atoms with Gasteiger partial charge in [-0.15, -0.1) is 11.3 Å². The lowest BCUT2D eigenvalue weighted by Crippen LogP contribution is -2.54. The minimum absolute atomic E-state index is 0.775. The summed E-state index contributed by atoms with van der Waals surface area (Å²) in [5.74, 6) is 0. The van der Waals surface area contributed by atoms with Gasteiger partial charge in [-0.3, -0.25) is 4.90 Å². The van der Waals surface area contributed by atoms with Gasteiger partial charge >= 0.3 is 0 Å². The zero-order chi connectivity index (χ0) is 12.1. The van der Waals surface area contributed by atoms with Crippen LogP contribution >= 0.6 is 11.3 Å². The highest BCUT2D eigenvalue weighted by molar-refractivity contribution is 7.09. The Balaban J connectivity index is 2.16. The summed E-state index contributed by atoms with van der Waals surface area (Å²) in [5.41, 5.74) is -0.855. The maximum absolute atomic E-state index is 11.0. The number of nitrogens with zero attached hydrogens (tertiary/aromatic N) is 2. The summed E-state index contributed by atoms with van der Waals surface area (Å²) in [6.45, 7) is 5.82. The Morgan fingerprint density at radius 3 is 2.88 bits per heavy atom. The van der Waals surface area contributed by atoms with Crippen molar-refractivity contribution in [1.29, 1.82) is 0 Å². The Hall–Kier alpha value is -0.490. The molecule has 96 valence electrons. The van der Waals surface area contributed by atoms with E-state index in [0.717, 1.165) is 50.4 Å². The van der Waals surface area contributed by atoms with Crippen LogP contribution in [0.4, 0.5) is 0 Å². The fourth-order valence-electron chi connectivity index (χ4n) is 2.28. The number of thiazole rings is 1. The topological polar surface area (TPSA) is 48.4 Å². The zero-order valence-electron chi connectivity index (χ0n) is 10.4. The second-order valence-corrected chi connectivity index (χ2v) is 5.39. The van der Waals surface area contributed by atoms with Crippen molar-refractivity contribution >= 4 is 11.3 Å². The number of nitrogens with one attached hydrogen (secondary N) is 1. The van der Waals surface area contributed by atoms with Crippen molar-refractivity contribution in [1.82, 2.24) is 15.2 Å². The molecule has 4 nitrogen and oxygen atoms in total. The van der Waals surface area contributed by atoms with Crippen LogP contribution in [0.3, 0.4) is 0 Å². The minimum atomic E-state index is -0.855. The molecule has 1 aromatic heterocycles. The van der Waals surface area contributed by atoms with Gasteiger partial charge in [0.05, 0.1) is 0 Å². The maximum atomic E-state index is 11.0. The smallest absolute Gasteiger partial charge is 0.171 e. The van der Waals surface area contributed by atoms with Crippen LogP contribution in [0, 0.1) is 0 Å². The van der Waals surface area contributed by atoms with Gasteiger partial charge < -0.3 is 10.4 Å². The summed E-state index contributed by atoms with van der Waals surface area (Å²) in [4.78, 5) is 6.49. The third kappa shape index (κ3) is 2.85. The van der Waals surface area contributed by atoms with Crippen LogP contribution in [0.2, 0.25) is 0 Å². The summed E-state index contributed by atoms with van der Waals surface area (Å²) >= 11 is 1.55. The molecule has 0 saturated carbocycles. The van der Waals surface area contributed by atoms with Gasteiger partial charge in [-0.2, -0.15) is 0 Å². The lowest BCUT2D eigenvalue weighted by Gasteiger charge is -2.40. The molecule has 0 spiro atoms. The standard InChI is InChI=1S/C12H21N3OS/c1-2-3-4-12(16,11-14-7-10-17-11)15-8-5-13-6-9-15/h7,10,13,16H,2-6,8-9H2,1H3. The number of piperazine rings is 1. The predicted molar refractivity (Wildman–Crippen MR) is 70.0 cm³/mol. The first kappa shape index (κ1) is 13.0. The first-order valence-electron chi connectivity index (χ1n) is 6.35. The number of rotatable bonds is 5. The molecule has 1 unspecified atom stereocenters. The zero-order valence-corrected chi connectivity index (χ0v) is 11.2. The van der Waals surface area contributed by atoms with Crippen molar-refractivity contribution < 1.29 is 5.11 Å². The van der Waals surface area contributed by atoms with E-state index < -0.39 is 5.72 Å². The van der Waals surface area contributed by atoms with Gasteiger partial charge in [0.1, 0.15) is 5.01 Å². The molecule has 1 aliphatic heterocycles. The van der Waals surface area contributed by atoms with Crippen LogP contribution in [0.1, 0.15) is 31.2 Å². The maximum Gasteiger partial charge on any atom is 0.171 e. The Bertz CT molecular complexity index is 325. The van der Waals surface area contributed by atoms with Crippen molar-refractivity contribution in [3.05, 3.63) is 16.6 Å². The second-order valence-electron chi connectivity index (χ2n) is 4.49. The van der Waals surface area contributed by atoms with E-state index in [1.54, 1.807) is 17.5 Å². The molecule has 0 amide bonds. The van der Waals surface area contributed by atoms with E-state index in [0.29, 0.717) is 0 Å². The molecular weight excluding hydrogens is 234 g/mol. The predicted octanol–water partition coefficient (Wildman–Crippen LogP) is 1.38. The molecule has 2 rings (SSSR count). The molecule has 1 aliphatic rings. The Morgan fingerprint density at radius 1 is 1.53 bits per heavy atom. The summed E-state index contributed by atoms with van der Waals surface area (Å²) in [7, 11) is 0. The average molecular weight is 255 g/mol. The third-order valence-electron chi connectivity index (χ3n) is 3.29. The van der Waals surface area contributed by atoms with Crippen LogP contribution in [0.5, 0.6) is 0 Å². The van der Waals surface area contributed by atoms with Crippen molar-refractivity contribution in [2.75, 3.05) is 26.2 Å². The summed E-state index contributed by atoms with van der Waals surface area (Å²) in [6.07, 6.45) is 4.68. The number of hydrogen-bond acceptors (Lipinski definition) is 5. The summed E-state index contributed by atoms with van der Waals surface area (Å²) < 4.78 is 0. The molecular formula is C12H21N3OS. The van der Waals surface area contributed by atoms with E-state index in [1.807, 2.05) is 5.38 Å². The molecule has 0 aromatic carbocycles. The monoisotopic (exact) mass is 255 g/mol. The second kappa shape index (κ2) is 5.91. The minimum Gasteiger partial charge on any atom is -0.369 e. The van der Waals surface area contributed by atoms with Crippen molar-refractivity contribution in [3.63, 3.8) is 0 Å². The van der Waals surface area contributed by atoms with Crippen LogP contribution in [-0.4, -0.2) is 41.2 Å². The van der Waals surface area contributed by atoms with Crippen LogP contribution in [0.15, 0.2) is 11.6 Å². The fourth-order valence-corrected chi connectivity index (χ4v) is 3.07. The fraction of sp³-hybridized carbons (Fsp3) is 0.750. The van der Waals surface area contributed by atoms with Crippen LogP contribution < -0.4 is 5.32 Å². The van der Waals surface area contributed by atoms with Gasteiger partial charge in [0.25, 0.3) is 0 Å². The summed E-state index contributed by atoms with van der Waals surface area (Å²) in [5, 5.41) is 17.1. The van der Waals surface area contributed by atoms with E-state index in [2.05, 4.69) is 22.1 Å². The molecule has 0 bridgehead atoms. The SMILES string of the molecule is CCCCC(O)(c1nccs1)N1CCNCC1. The van der Waals surface area contributed by atoms with E-state index >= 15 is 0 Å². The Kier molecular flexibility index (Phi) is 4.50. The molecule has 0 radical (unpaired) electrons. The van der Waals surface area contributed by atoms with Crippen molar-refractivity contribution in [3.8, 4) is 0 Å². The molecule has 2 heterocycles. The number of unbranched alkanes of at least 4 members (excludes halogenated alkanes) is 1. The van der Waals surface area contributed by atoms with Gasteiger partial charge in [-0.05, 0) is 12.8 Å². The lowest BCUT2D eigenvalue weighted by atomic mass is 10.0. The van der Waals surface area contributed by atoms with E-state index in [4.69, 9.17) is 0 Å². The van der Waals surface area contributed by atoms with Gasteiger partial charge in [0, 0.05) is 37.8 Å². The van der Waals surface area contributed by atoms with Crippen molar-refractivity contribution in [2.45, 2.75) is 31.9 Å². The summed E-state index contributed by atoms with van der Waals surface area (Å²) in [6, 6.07) is 0. The quantitative estimate of drug-likeness (QED) is 0.834. The molecule has 1 aromatic rings. The molecule has 1 saturated heterocycles. The molecule has 2 N–H and O–H groups in total. The molecule has 5 heteroatoms. The third-order valence-corrected chi connectivity index (χ3v) is 4.21.